The van der Waals surface area contributed by atoms with Crippen LogP contribution in [0, 0.1) is 17.0 Å². The first kappa shape index (κ1) is 16.2. The Balaban J connectivity index is 1.96. The topological polar surface area (TPSA) is 93.5 Å². The number of anilines is 1. The molecule has 120 valence electrons. The lowest BCUT2D eigenvalue weighted by Crippen LogP contribution is -2.47. The second-order valence-corrected chi connectivity index (χ2v) is 6.15. The normalized spacial score (nSPS) is 20.2. The van der Waals surface area contributed by atoms with Gasteiger partial charge in [0.25, 0.3) is 5.69 Å². The van der Waals surface area contributed by atoms with Crippen molar-refractivity contribution in [2.45, 2.75) is 45.3 Å². The van der Waals surface area contributed by atoms with Gasteiger partial charge in [0.15, 0.2) is 0 Å². The molecular weight excluding hydrogens is 286 g/mol. The number of rotatable bonds is 3. The Morgan fingerprint density at radius 3 is 2.77 bits per heavy atom. The summed E-state index contributed by atoms with van der Waals surface area (Å²) in [5, 5.41) is 16.4. The van der Waals surface area contributed by atoms with Gasteiger partial charge in [-0.2, -0.15) is 0 Å². The van der Waals surface area contributed by atoms with Gasteiger partial charge in [-0.25, -0.2) is 4.79 Å². The van der Waals surface area contributed by atoms with Crippen LogP contribution in [0.25, 0.3) is 0 Å². The van der Waals surface area contributed by atoms with E-state index in [-0.39, 0.29) is 23.4 Å². The van der Waals surface area contributed by atoms with Gasteiger partial charge in [-0.15, -0.1) is 0 Å². The van der Waals surface area contributed by atoms with E-state index in [4.69, 9.17) is 4.74 Å². The van der Waals surface area contributed by atoms with Crippen molar-refractivity contribution in [2.75, 3.05) is 11.9 Å². The van der Waals surface area contributed by atoms with Crippen molar-refractivity contribution in [3.63, 3.8) is 0 Å². The van der Waals surface area contributed by atoms with Gasteiger partial charge >= 0.3 is 6.03 Å². The summed E-state index contributed by atoms with van der Waals surface area (Å²) >= 11 is 0. The molecule has 0 radical (unpaired) electrons. The highest BCUT2D eigenvalue weighted by Gasteiger charge is 2.29. The predicted octanol–water partition coefficient (Wildman–Crippen LogP) is 2.98. The number of aryl methyl sites for hydroxylation is 1. The molecule has 1 aromatic carbocycles. The maximum atomic E-state index is 12.1. The lowest BCUT2D eigenvalue weighted by molar-refractivity contribution is -0.384. The fourth-order valence-electron chi connectivity index (χ4n) is 2.60. The number of urea groups is 1. The zero-order chi connectivity index (χ0) is 16.3. The van der Waals surface area contributed by atoms with Gasteiger partial charge in [0.1, 0.15) is 0 Å². The number of amides is 2. The van der Waals surface area contributed by atoms with Crippen molar-refractivity contribution >= 4 is 17.4 Å². The maximum absolute atomic E-state index is 12.1. The molecule has 2 amide bonds. The molecule has 1 heterocycles. The van der Waals surface area contributed by atoms with Crippen molar-refractivity contribution in [1.29, 1.82) is 0 Å². The maximum Gasteiger partial charge on any atom is 0.319 e. The second-order valence-electron chi connectivity index (χ2n) is 6.15. The van der Waals surface area contributed by atoms with E-state index in [1.807, 2.05) is 13.8 Å². The zero-order valence-electron chi connectivity index (χ0n) is 13.0. The summed E-state index contributed by atoms with van der Waals surface area (Å²) < 4.78 is 5.61. The van der Waals surface area contributed by atoms with E-state index in [0.29, 0.717) is 17.9 Å². The largest absolute Gasteiger partial charge is 0.375 e. The Hall–Kier alpha value is -2.15. The first-order valence-electron chi connectivity index (χ1n) is 7.23. The quantitative estimate of drug-likeness (QED) is 0.663. The summed E-state index contributed by atoms with van der Waals surface area (Å²) in [6, 6.07) is 4.11. The minimum atomic E-state index is -0.457. The van der Waals surface area contributed by atoms with Crippen LogP contribution in [0.4, 0.5) is 16.2 Å². The van der Waals surface area contributed by atoms with Crippen LogP contribution in [0.15, 0.2) is 18.2 Å². The average molecular weight is 307 g/mol. The molecule has 0 bridgehead atoms. The third kappa shape index (κ3) is 4.17. The predicted molar refractivity (Wildman–Crippen MR) is 83.0 cm³/mol. The second kappa shape index (κ2) is 6.31. The first-order valence-corrected chi connectivity index (χ1v) is 7.23. The van der Waals surface area contributed by atoms with Gasteiger partial charge in [-0.3, -0.25) is 10.1 Å². The Kier molecular flexibility index (Phi) is 4.65. The molecular formula is C15H21N3O4. The fourth-order valence-corrected chi connectivity index (χ4v) is 2.60. The number of non-ortho nitro benzene ring substituents is 1. The molecule has 0 aliphatic carbocycles. The Morgan fingerprint density at radius 2 is 2.18 bits per heavy atom. The molecule has 2 N–H and O–H groups in total. The van der Waals surface area contributed by atoms with Crippen LogP contribution < -0.4 is 10.6 Å². The highest BCUT2D eigenvalue weighted by Crippen LogP contribution is 2.24. The third-order valence-corrected chi connectivity index (χ3v) is 3.70. The highest BCUT2D eigenvalue weighted by molar-refractivity contribution is 5.90. The van der Waals surface area contributed by atoms with Gasteiger partial charge in [-0.05, 0) is 45.2 Å². The summed E-state index contributed by atoms with van der Waals surface area (Å²) in [5.74, 6) is 0. The minimum absolute atomic E-state index is 0.00892. The van der Waals surface area contributed by atoms with Gasteiger partial charge in [-0.1, -0.05) is 0 Å². The number of nitro benzene ring substituents is 1. The van der Waals surface area contributed by atoms with Gasteiger partial charge in [0.2, 0.25) is 0 Å². The summed E-state index contributed by atoms with van der Waals surface area (Å²) in [4.78, 5) is 22.3. The van der Waals surface area contributed by atoms with E-state index in [1.165, 1.54) is 12.1 Å². The zero-order valence-corrected chi connectivity index (χ0v) is 13.0. The Labute approximate surface area is 129 Å². The molecule has 22 heavy (non-hydrogen) atoms. The number of nitro groups is 1. The molecule has 7 heteroatoms. The average Bonchev–Trinajstić information content (AvgIpc) is 2.39. The Bertz CT molecular complexity index is 586. The van der Waals surface area contributed by atoms with Crippen LogP contribution in [-0.4, -0.2) is 29.2 Å². The van der Waals surface area contributed by atoms with E-state index in [9.17, 15) is 14.9 Å². The number of hydrogen-bond donors (Lipinski definition) is 2. The van der Waals surface area contributed by atoms with Crippen LogP contribution in [-0.2, 0) is 4.74 Å². The summed E-state index contributed by atoms with van der Waals surface area (Å²) in [5.41, 5.74) is 0.986. The number of hydrogen-bond acceptors (Lipinski definition) is 4. The van der Waals surface area contributed by atoms with Crippen LogP contribution in [0.2, 0.25) is 0 Å². The molecule has 1 atom stereocenters. The van der Waals surface area contributed by atoms with Crippen LogP contribution in [0.5, 0.6) is 0 Å². The monoisotopic (exact) mass is 307 g/mol. The minimum Gasteiger partial charge on any atom is -0.375 e. The fraction of sp³-hybridized carbons (Fsp3) is 0.533. The molecule has 1 saturated heterocycles. The van der Waals surface area contributed by atoms with Gasteiger partial charge in [0, 0.05) is 30.5 Å². The van der Waals surface area contributed by atoms with Crippen molar-refractivity contribution in [2.24, 2.45) is 0 Å². The Morgan fingerprint density at radius 1 is 1.45 bits per heavy atom. The molecule has 0 aromatic heterocycles. The number of carbonyl (C=O) groups excluding carboxylic acids is 1. The summed E-state index contributed by atoms with van der Waals surface area (Å²) in [6.45, 7) is 6.34. The van der Waals surface area contributed by atoms with E-state index >= 15 is 0 Å². The number of ether oxygens (including phenoxy) is 1. The standard InChI is InChI=1S/C15H21N3O4/c1-10-8-12(18(20)21)4-5-13(10)17-14(19)16-11-6-7-22-15(2,3)9-11/h4-5,8,11H,6-7,9H2,1-3H3,(H2,16,17,19). The van der Waals surface area contributed by atoms with E-state index in [1.54, 1.807) is 13.0 Å². The van der Waals surface area contributed by atoms with Crippen LogP contribution >= 0.6 is 0 Å². The first-order chi connectivity index (χ1) is 10.3. The molecule has 7 nitrogen and oxygen atoms in total. The van der Waals surface area contributed by atoms with E-state index < -0.39 is 4.92 Å². The third-order valence-electron chi connectivity index (χ3n) is 3.70. The van der Waals surface area contributed by atoms with Crippen molar-refractivity contribution in [3.05, 3.63) is 33.9 Å². The molecule has 0 saturated carbocycles. The van der Waals surface area contributed by atoms with Crippen LogP contribution in [0.1, 0.15) is 32.3 Å². The SMILES string of the molecule is Cc1cc([N+](=O)[O-])ccc1NC(=O)NC1CCOC(C)(C)C1. The van der Waals surface area contributed by atoms with Gasteiger partial charge < -0.3 is 15.4 Å². The van der Waals surface area contributed by atoms with Crippen molar-refractivity contribution in [1.82, 2.24) is 5.32 Å². The van der Waals surface area contributed by atoms with E-state index in [0.717, 1.165) is 12.8 Å². The van der Waals surface area contributed by atoms with Gasteiger partial charge in [0.05, 0.1) is 10.5 Å². The van der Waals surface area contributed by atoms with Crippen molar-refractivity contribution in [3.8, 4) is 0 Å². The highest BCUT2D eigenvalue weighted by atomic mass is 16.6. The summed E-state index contributed by atoms with van der Waals surface area (Å²) in [7, 11) is 0. The lowest BCUT2D eigenvalue weighted by Gasteiger charge is -2.35. The lowest BCUT2D eigenvalue weighted by atomic mass is 9.94. The number of nitrogens with one attached hydrogen (secondary N) is 2. The molecule has 1 aliphatic heterocycles. The number of carbonyl (C=O) groups is 1. The molecule has 2 rings (SSSR count). The van der Waals surface area contributed by atoms with E-state index in [2.05, 4.69) is 10.6 Å². The molecule has 1 unspecified atom stereocenters. The summed E-state index contributed by atoms with van der Waals surface area (Å²) in [6.07, 6.45) is 1.52. The molecule has 1 fully saturated rings. The molecule has 1 aliphatic rings. The van der Waals surface area contributed by atoms with Crippen molar-refractivity contribution < 1.29 is 14.5 Å². The smallest absolute Gasteiger partial charge is 0.319 e. The molecule has 0 spiro atoms. The number of benzene rings is 1. The van der Waals surface area contributed by atoms with Crippen LogP contribution in [0.3, 0.4) is 0 Å². The number of nitrogens with zero attached hydrogens (tertiary/aromatic N) is 1. The molecule has 1 aromatic rings.